The van der Waals surface area contributed by atoms with E-state index in [0.29, 0.717) is 0 Å². The first-order chi connectivity index (χ1) is 7.20. The number of nitrogens with zero attached hydrogens (tertiary/aromatic N) is 1. The number of aromatic nitrogens is 1. The average Bonchev–Trinajstić information content (AvgIpc) is 2.66. The minimum atomic E-state index is 0.741. The van der Waals surface area contributed by atoms with E-state index >= 15 is 0 Å². The Morgan fingerprint density at radius 2 is 2.13 bits per heavy atom. The summed E-state index contributed by atoms with van der Waals surface area (Å²) in [7, 11) is 0. The molecule has 3 N–H and O–H groups in total. The van der Waals surface area contributed by atoms with Crippen LogP contribution in [0.4, 0.5) is 5.13 Å². The molecule has 0 atom stereocenters. The normalized spacial score (nSPS) is 10.3. The molecule has 4 heteroatoms. The van der Waals surface area contributed by atoms with Gasteiger partial charge in [0.05, 0.1) is 5.69 Å². The first-order valence-corrected chi connectivity index (χ1v) is 5.58. The minimum Gasteiger partial charge on any atom is -0.300 e. The van der Waals surface area contributed by atoms with Gasteiger partial charge in [-0.1, -0.05) is 23.8 Å². The number of aryl methyl sites for hydroxylation is 2. The second-order valence-electron chi connectivity index (χ2n) is 3.50. The fourth-order valence-corrected chi connectivity index (χ4v) is 2.19. The van der Waals surface area contributed by atoms with E-state index in [4.69, 9.17) is 5.84 Å². The molecule has 0 amide bonds. The largest absolute Gasteiger partial charge is 0.300 e. The Kier molecular flexibility index (Phi) is 2.70. The van der Waals surface area contributed by atoms with Crippen molar-refractivity contribution in [3.8, 4) is 11.3 Å². The van der Waals surface area contributed by atoms with Gasteiger partial charge in [-0.05, 0) is 19.4 Å². The molecule has 1 aromatic carbocycles. The first-order valence-electron chi connectivity index (χ1n) is 4.70. The summed E-state index contributed by atoms with van der Waals surface area (Å²) in [4.78, 5) is 4.37. The molecule has 0 aliphatic heterocycles. The van der Waals surface area contributed by atoms with Gasteiger partial charge in [0.1, 0.15) is 0 Å². The van der Waals surface area contributed by atoms with Gasteiger partial charge >= 0.3 is 0 Å². The maximum Gasteiger partial charge on any atom is 0.197 e. The molecule has 15 heavy (non-hydrogen) atoms. The van der Waals surface area contributed by atoms with Gasteiger partial charge in [-0.3, -0.25) is 5.43 Å². The highest BCUT2D eigenvalue weighted by Gasteiger charge is 2.06. The third-order valence-electron chi connectivity index (χ3n) is 2.29. The van der Waals surface area contributed by atoms with E-state index in [-0.39, 0.29) is 0 Å². The molecule has 0 aliphatic carbocycles. The van der Waals surface area contributed by atoms with Crippen molar-refractivity contribution in [2.45, 2.75) is 13.8 Å². The smallest absolute Gasteiger partial charge is 0.197 e. The number of nitrogens with one attached hydrogen (secondary N) is 1. The number of hydrazine groups is 1. The number of nitrogen functional groups attached to an aromatic ring is 1. The first kappa shape index (κ1) is 10.1. The van der Waals surface area contributed by atoms with E-state index in [2.05, 4.69) is 42.5 Å². The zero-order chi connectivity index (χ0) is 10.8. The molecular formula is C11H13N3S. The maximum absolute atomic E-state index is 5.30. The second-order valence-corrected chi connectivity index (χ2v) is 4.36. The van der Waals surface area contributed by atoms with Crippen molar-refractivity contribution >= 4 is 16.5 Å². The predicted molar refractivity (Wildman–Crippen MR) is 64.8 cm³/mol. The second kappa shape index (κ2) is 4.00. The third kappa shape index (κ3) is 2.00. The number of hydrogen-bond donors (Lipinski definition) is 2. The molecule has 0 saturated heterocycles. The van der Waals surface area contributed by atoms with Crippen LogP contribution in [0.2, 0.25) is 0 Å². The highest BCUT2D eigenvalue weighted by molar-refractivity contribution is 7.14. The van der Waals surface area contributed by atoms with Crippen molar-refractivity contribution in [2.24, 2.45) is 5.84 Å². The molecule has 78 valence electrons. The van der Waals surface area contributed by atoms with Gasteiger partial charge in [-0.25, -0.2) is 10.8 Å². The highest BCUT2D eigenvalue weighted by atomic mass is 32.1. The Morgan fingerprint density at radius 3 is 2.73 bits per heavy atom. The highest BCUT2D eigenvalue weighted by Crippen LogP contribution is 2.27. The van der Waals surface area contributed by atoms with Crippen LogP contribution >= 0.6 is 11.3 Å². The van der Waals surface area contributed by atoms with Crippen LogP contribution in [0.1, 0.15) is 11.1 Å². The van der Waals surface area contributed by atoms with Gasteiger partial charge in [0.2, 0.25) is 0 Å². The number of thiazole rings is 1. The van der Waals surface area contributed by atoms with Crippen molar-refractivity contribution < 1.29 is 0 Å². The Labute approximate surface area is 92.9 Å². The van der Waals surface area contributed by atoms with E-state index < -0.39 is 0 Å². The molecule has 2 aromatic rings. The van der Waals surface area contributed by atoms with Crippen LogP contribution in [0.15, 0.2) is 23.6 Å². The summed E-state index contributed by atoms with van der Waals surface area (Å²) < 4.78 is 0. The topological polar surface area (TPSA) is 50.9 Å². The molecule has 1 aromatic heterocycles. The van der Waals surface area contributed by atoms with Gasteiger partial charge in [0, 0.05) is 10.9 Å². The Hall–Kier alpha value is -1.39. The number of rotatable bonds is 2. The lowest BCUT2D eigenvalue weighted by atomic mass is 10.0. The Bertz CT molecular complexity index is 476. The lowest BCUT2D eigenvalue weighted by Crippen LogP contribution is -2.05. The Morgan fingerprint density at radius 1 is 1.33 bits per heavy atom. The number of nitrogens with two attached hydrogens (primary N) is 1. The molecule has 1 heterocycles. The van der Waals surface area contributed by atoms with Crippen LogP contribution in [0.5, 0.6) is 0 Å². The zero-order valence-corrected chi connectivity index (χ0v) is 9.56. The van der Waals surface area contributed by atoms with Gasteiger partial charge in [-0.15, -0.1) is 11.3 Å². The molecule has 2 rings (SSSR count). The lowest BCUT2D eigenvalue weighted by molar-refractivity contribution is 1.28. The molecule has 0 saturated carbocycles. The molecule has 0 spiro atoms. The van der Waals surface area contributed by atoms with Gasteiger partial charge in [0.25, 0.3) is 0 Å². The fourth-order valence-electron chi connectivity index (χ4n) is 1.56. The van der Waals surface area contributed by atoms with Crippen LogP contribution in [-0.2, 0) is 0 Å². The molecular weight excluding hydrogens is 206 g/mol. The van der Waals surface area contributed by atoms with Crippen molar-refractivity contribution in [1.29, 1.82) is 0 Å². The average molecular weight is 219 g/mol. The van der Waals surface area contributed by atoms with Gasteiger partial charge < -0.3 is 0 Å². The van der Waals surface area contributed by atoms with Crippen LogP contribution in [0.25, 0.3) is 11.3 Å². The monoisotopic (exact) mass is 219 g/mol. The third-order valence-corrected chi connectivity index (χ3v) is 3.06. The summed E-state index contributed by atoms with van der Waals surface area (Å²) >= 11 is 1.51. The van der Waals surface area contributed by atoms with E-state index in [9.17, 15) is 0 Å². The van der Waals surface area contributed by atoms with Crippen LogP contribution in [0.3, 0.4) is 0 Å². The molecule has 0 aliphatic rings. The zero-order valence-electron chi connectivity index (χ0n) is 8.74. The minimum absolute atomic E-state index is 0.741. The number of hydrogen-bond acceptors (Lipinski definition) is 4. The molecule has 0 unspecified atom stereocenters. The SMILES string of the molecule is Cc1ccc(-c2csc(NN)n2)c(C)c1. The van der Waals surface area contributed by atoms with Crippen molar-refractivity contribution in [2.75, 3.05) is 5.43 Å². The Balaban J connectivity index is 2.44. The molecule has 3 nitrogen and oxygen atoms in total. The van der Waals surface area contributed by atoms with Crippen LogP contribution in [0, 0.1) is 13.8 Å². The van der Waals surface area contributed by atoms with Gasteiger partial charge in [-0.2, -0.15) is 0 Å². The van der Waals surface area contributed by atoms with Gasteiger partial charge in [0.15, 0.2) is 5.13 Å². The van der Waals surface area contributed by atoms with E-state index in [0.717, 1.165) is 10.8 Å². The summed E-state index contributed by atoms with van der Waals surface area (Å²) in [5.74, 6) is 5.30. The lowest BCUT2D eigenvalue weighted by Gasteiger charge is -2.03. The fraction of sp³-hybridized carbons (Fsp3) is 0.182. The van der Waals surface area contributed by atoms with Crippen LogP contribution < -0.4 is 11.3 Å². The maximum atomic E-state index is 5.30. The summed E-state index contributed by atoms with van der Waals surface area (Å²) in [6.45, 7) is 4.18. The standard InChI is InChI=1S/C11H13N3S/c1-7-3-4-9(8(2)5-7)10-6-15-11(13-10)14-12/h3-6H,12H2,1-2H3,(H,13,14). The summed E-state index contributed by atoms with van der Waals surface area (Å²) in [5, 5.41) is 2.75. The van der Waals surface area contributed by atoms with Crippen molar-refractivity contribution in [3.05, 3.63) is 34.7 Å². The number of anilines is 1. The van der Waals surface area contributed by atoms with Crippen molar-refractivity contribution in [3.63, 3.8) is 0 Å². The number of benzene rings is 1. The summed E-state index contributed by atoms with van der Waals surface area (Å²) in [5.41, 5.74) is 7.20. The van der Waals surface area contributed by atoms with Crippen LogP contribution in [-0.4, -0.2) is 4.98 Å². The quantitative estimate of drug-likeness (QED) is 0.603. The molecule has 0 fully saturated rings. The molecule has 0 bridgehead atoms. The summed E-state index contributed by atoms with van der Waals surface area (Å²) in [6.07, 6.45) is 0. The predicted octanol–water partition coefficient (Wildman–Crippen LogP) is 2.71. The molecule has 0 radical (unpaired) electrons. The van der Waals surface area contributed by atoms with E-state index in [1.807, 2.05) is 5.38 Å². The van der Waals surface area contributed by atoms with E-state index in [1.165, 1.54) is 28.0 Å². The van der Waals surface area contributed by atoms with E-state index in [1.54, 1.807) is 0 Å². The summed E-state index contributed by atoms with van der Waals surface area (Å²) in [6, 6.07) is 6.35. The van der Waals surface area contributed by atoms with Crippen molar-refractivity contribution in [1.82, 2.24) is 4.98 Å².